The predicted octanol–water partition coefficient (Wildman–Crippen LogP) is 0.230. The van der Waals surface area contributed by atoms with Gasteiger partial charge in [-0.3, -0.25) is 4.79 Å². The van der Waals surface area contributed by atoms with Gasteiger partial charge in [0, 0.05) is 25.1 Å². The first-order valence-corrected chi connectivity index (χ1v) is 3.50. The van der Waals surface area contributed by atoms with Crippen LogP contribution in [0, 0.1) is 0 Å². The molecule has 1 amide bonds. The smallest absolute Gasteiger partial charge is 0.209 e. The molecule has 0 radical (unpaired) electrons. The summed E-state index contributed by atoms with van der Waals surface area (Å²) in [6.07, 6.45) is 2.41. The molecule has 11 heavy (non-hydrogen) atoms. The topological polar surface area (TPSA) is 46.3 Å². The van der Waals surface area contributed by atoms with E-state index in [1.165, 1.54) is 0 Å². The minimum Gasteiger partial charge on any atom is -0.364 e. The summed E-state index contributed by atoms with van der Waals surface area (Å²) in [4.78, 5) is 11.9. The van der Waals surface area contributed by atoms with Crippen LogP contribution in [0.1, 0.15) is 11.6 Å². The van der Waals surface area contributed by atoms with Gasteiger partial charge in [0.15, 0.2) is 0 Å². The second kappa shape index (κ2) is 2.38. The third kappa shape index (κ3) is 1.00. The highest BCUT2D eigenvalue weighted by Crippen LogP contribution is 2.23. The van der Waals surface area contributed by atoms with E-state index in [2.05, 4.69) is 9.68 Å². The average Bonchev–Trinajstić information content (AvgIpc) is 2.37. The Morgan fingerprint density at radius 1 is 1.73 bits per heavy atom. The molecule has 1 aliphatic rings. The van der Waals surface area contributed by atoms with Crippen LogP contribution < -0.4 is 0 Å². The van der Waals surface area contributed by atoms with Crippen LogP contribution in [0.2, 0.25) is 0 Å². The fourth-order valence-corrected chi connectivity index (χ4v) is 1.22. The quantitative estimate of drug-likeness (QED) is 0.570. The molecule has 0 saturated carbocycles. The zero-order valence-corrected chi connectivity index (χ0v) is 5.93. The van der Waals surface area contributed by atoms with Gasteiger partial charge in [0.05, 0.1) is 5.69 Å². The van der Waals surface area contributed by atoms with E-state index in [0.717, 1.165) is 25.2 Å². The van der Waals surface area contributed by atoms with Crippen molar-refractivity contribution in [3.05, 3.63) is 18.0 Å². The van der Waals surface area contributed by atoms with Crippen molar-refractivity contribution >= 4 is 6.41 Å². The maximum Gasteiger partial charge on any atom is 0.209 e. The van der Waals surface area contributed by atoms with E-state index in [0.29, 0.717) is 5.92 Å². The maximum atomic E-state index is 10.2. The predicted molar refractivity (Wildman–Crippen MR) is 36.9 cm³/mol. The van der Waals surface area contributed by atoms with E-state index in [4.69, 9.17) is 0 Å². The summed E-state index contributed by atoms with van der Waals surface area (Å²) in [5.41, 5.74) is 0.947. The lowest BCUT2D eigenvalue weighted by Gasteiger charge is -2.34. The molecule has 0 unspecified atom stereocenters. The normalized spacial score (nSPS) is 18.0. The molecule has 1 aromatic rings. The molecule has 1 aromatic heterocycles. The largest absolute Gasteiger partial charge is 0.364 e. The van der Waals surface area contributed by atoms with Crippen molar-refractivity contribution in [3.63, 3.8) is 0 Å². The van der Waals surface area contributed by atoms with Crippen LogP contribution in [-0.4, -0.2) is 29.6 Å². The van der Waals surface area contributed by atoms with Gasteiger partial charge in [0.25, 0.3) is 0 Å². The van der Waals surface area contributed by atoms with Crippen LogP contribution in [0.25, 0.3) is 0 Å². The van der Waals surface area contributed by atoms with Crippen molar-refractivity contribution in [1.82, 2.24) is 10.1 Å². The van der Waals surface area contributed by atoms with Gasteiger partial charge in [0.2, 0.25) is 6.41 Å². The summed E-state index contributed by atoms with van der Waals surface area (Å²) in [6, 6.07) is 1.84. The summed E-state index contributed by atoms with van der Waals surface area (Å²) < 4.78 is 4.68. The van der Waals surface area contributed by atoms with Crippen molar-refractivity contribution < 1.29 is 9.32 Å². The molecule has 0 aromatic carbocycles. The molecule has 2 rings (SSSR count). The molecule has 1 saturated heterocycles. The molecule has 1 aliphatic heterocycles. The number of hydrogen-bond donors (Lipinski definition) is 0. The first-order valence-electron chi connectivity index (χ1n) is 3.50. The SMILES string of the molecule is O=CN1CC(c2ccon2)C1. The first-order chi connectivity index (χ1) is 5.40. The summed E-state index contributed by atoms with van der Waals surface area (Å²) >= 11 is 0. The molecular weight excluding hydrogens is 144 g/mol. The number of carbonyl (C=O) groups excluding carboxylic acids is 1. The van der Waals surface area contributed by atoms with Crippen LogP contribution >= 0.6 is 0 Å². The summed E-state index contributed by atoms with van der Waals surface area (Å²) in [7, 11) is 0. The zero-order chi connectivity index (χ0) is 7.68. The lowest BCUT2D eigenvalue weighted by atomic mass is 9.98. The van der Waals surface area contributed by atoms with Crippen molar-refractivity contribution in [2.45, 2.75) is 5.92 Å². The number of likely N-dealkylation sites (tertiary alicyclic amines) is 1. The number of nitrogens with zero attached hydrogens (tertiary/aromatic N) is 2. The fourth-order valence-electron chi connectivity index (χ4n) is 1.22. The Labute approximate surface area is 63.8 Å². The monoisotopic (exact) mass is 152 g/mol. The second-order valence-corrected chi connectivity index (χ2v) is 2.68. The Morgan fingerprint density at radius 3 is 3.09 bits per heavy atom. The van der Waals surface area contributed by atoms with E-state index >= 15 is 0 Å². The van der Waals surface area contributed by atoms with Gasteiger partial charge in [0.1, 0.15) is 6.26 Å². The van der Waals surface area contributed by atoms with Gasteiger partial charge >= 0.3 is 0 Å². The fraction of sp³-hybridized carbons (Fsp3) is 0.429. The first kappa shape index (κ1) is 6.39. The van der Waals surface area contributed by atoms with Gasteiger partial charge in [-0.05, 0) is 0 Å². The maximum absolute atomic E-state index is 10.2. The Bertz CT molecular complexity index is 239. The number of hydrogen-bond acceptors (Lipinski definition) is 3. The third-order valence-corrected chi connectivity index (χ3v) is 1.93. The molecule has 0 N–H and O–H groups in total. The number of amides is 1. The average molecular weight is 152 g/mol. The highest BCUT2D eigenvalue weighted by atomic mass is 16.5. The summed E-state index contributed by atoms with van der Waals surface area (Å²) in [5.74, 6) is 0.388. The van der Waals surface area contributed by atoms with Crippen molar-refractivity contribution in [1.29, 1.82) is 0 Å². The summed E-state index contributed by atoms with van der Waals surface area (Å²) in [5, 5.41) is 3.79. The Hall–Kier alpha value is -1.32. The lowest BCUT2D eigenvalue weighted by Crippen LogP contribution is -2.43. The van der Waals surface area contributed by atoms with Gasteiger partial charge < -0.3 is 9.42 Å². The number of carbonyl (C=O) groups is 1. The van der Waals surface area contributed by atoms with E-state index in [1.54, 1.807) is 11.2 Å². The second-order valence-electron chi connectivity index (χ2n) is 2.68. The molecule has 4 nitrogen and oxygen atoms in total. The van der Waals surface area contributed by atoms with E-state index in [-0.39, 0.29) is 0 Å². The van der Waals surface area contributed by atoms with E-state index in [1.807, 2.05) is 6.07 Å². The lowest BCUT2D eigenvalue weighted by molar-refractivity contribution is -0.122. The van der Waals surface area contributed by atoms with E-state index < -0.39 is 0 Å². The van der Waals surface area contributed by atoms with Crippen molar-refractivity contribution in [2.24, 2.45) is 0 Å². The zero-order valence-electron chi connectivity index (χ0n) is 5.93. The molecule has 4 heteroatoms. The van der Waals surface area contributed by atoms with Gasteiger partial charge in [-0.15, -0.1) is 0 Å². The molecule has 0 bridgehead atoms. The molecule has 58 valence electrons. The Kier molecular flexibility index (Phi) is 1.38. The molecule has 0 spiro atoms. The van der Waals surface area contributed by atoms with Crippen molar-refractivity contribution in [2.75, 3.05) is 13.1 Å². The molecule has 0 aliphatic carbocycles. The van der Waals surface area contributed by atoms with E-state index in [9.17, 15) is 4.79 Å². The highest BCUT2D eigenvalue weighted by molar-refractivity contribution is 5.49. The highest BCUT2D eigenvalue weighted by Gasteiger charge is 2.28. The minimum absolute atomic E-state index is 0.388. The number of aromatic nitrogens is 1. The molecule has 0 atom stereocenters. The standard InChI is InChI=1S/C7H8N2O2/c10-5-9-3-6(4-9)7-1-2-11-8-7/h1-2,5-6H,3-4H2. The van der Waals surface area contributed by atoms with Gasteiger partial charge in [-0.1, -0.05) is 5.16 Å². The van der Waals surface area contributed by atoms with Crippen LogP contribution in [0.3, 0.4) is 0 Å². The molecular formula is C7H8N2O2. The Morgan fingerprint density at radius 2 is 2.55 bits per heavy atom. The summed E-state index contributed by atoms with van der Waals surface area (Å²) in [6.45, 7) is 1.55. The van der Waals surface area contributed by atoms with Crippen LogP contribution in [0.5, 0.6) is 0 Å². The number of rotatable bonds is 2. The van der Waals surface area contributed by atoms with Gasteiger partial charge in [-0.2, -0.15) is 0 Å². The third-order valence-electron chi connectivity index (χ3n) is 1.93. The van der Waals surface area contributed by atoms with Gasteiger partial charge in [-0.25, -0.2) is 0 Å². The van der Waals surface area contributed by atoms with Crippen LogP contribution in [-0.2, 0) is 4.79 Å². The molecule has 2 heterocycles. The molecule has 1 fully saturated rings. The van der Waals surface area contributed by atoms with Crippen LogP contribution in [0.4, 0.5) is 0 Å². The minimum atomic E-state index is 0.388. The van der Waals surface area contributed by atoms with Crippen molar-refractivity contribution in [3.8, 4) is 0 Å². The van der Waals surface area contributed by atoms with Crippen LogP contribution in [0.15, 0.2) is 16.9 Å². The Balaban J connectivity index is 1.97.